The number of benzene rings is 1. The van der Waals surface area contributed by atoms with Crippen molar-refractivity contribution in [1.29, 1.82) is 0 Å². The number of esters is 1. The van der Waals surface area contributed by atoms with E-state index in [1.165, 1.54) is 7.11 Å². The molecule has 0 aliphatic rings. The van der Waals surface area contributed by atoms with Crippen LogP contribution in [0.4, 0.5) is 0 Å². The summed E-state index contributed by atoms with van der Waals surface area (Å²) in [7, 11) is 1.38. The number of hydrogen-bond acceptors (Lipinski definition) is 3. The Morgan fingerprint density at radius 2 is 1.94 bits per heavy atom. The summed E-state index contributed by atoms with van der Waals surface area (Å²) >= 11 is 0. The summed E-state index contributed by atoms with van der Waals surface area (Å²) in [6, 6.07) is 3.82. The number of methoxy groups -OCH3 is 1. The number of rotatable bonds is 3. The maximum atomic E-state index is 11.7. The van der Waals surface area contributed by atoms with Crippen molar-refractivity contribution in [3.63, 3.8) is 0 Å². The summed E-state index contributed by atoms with van der Waals surface area (Å²) in [5.74, 6) is -0.332. The molecule has 0 heterocycles. The lowest BCUT2D eigenvalue weighted by atomic mass is 9.82. The maximum absolute atomic E-state index is 11.7. The average molecular weight is 236 g/mol. The fraction of sp³-hybridized carbons (Fsp3) is 0.500. The van der Waals surface area contributed by atoms with E-state index in [2.05, 4.69) is 0 Å². The van der Waals surface area contributed by atoms with Crippen LogP contribution in [0.1, 0.15) is 40.9 Å². The number of carbonyl (C=O) groups is 1. The molecular weight excluding hydrogens is 216 g/mol. The van der Waals surface area contributed by atoms with Gasteiger partial charge in [-0.3, -0.25) is 0 Å². The Morgan fingerprint density at radius 1 is 1.35 bits per heavy atom. The van der Waals surface area contributed by atoms with Crippen molar-refractivity contribution in [3.05, 3.63) is 34.4 Å². The predicted molar refractivity (Wildman–Crippen MR) is 67.4 cm³/mol. The van der Waals surface area contributed by atoms with Crippen LogP contribution in [0.5, 0.6) is 0 Å². The Hall–Kier alpha value is -1.35. The highest BCUT2D eigenvalue weighted by molar-refractivity contribution is 5.91. The summed E-state index contributed by atoms with van der Waals surface area (Å²) in [6.45, 7) is 7.78. The highest BCUT2D eigenvalue weighted by Gasteiger charge is 2.22. The van der Waals surface area contributed by atoms with Gasteiger partial charge in [-0.05, 0) is 36.6 Å². The van der Waals surface area contributed by atoms with Crippen LogP contribution in [-0.2, 0) is 10.2 Å². The number of aryl methyl sites for hydroxylation is 1. The van der Waals surface area contributed by atoms with Crippen LogP contribution in [0.2, 0.25) is 0 Å². The molecule has 0 amide bonds. The van der Waals surface area contributed by atoms with Crippen LogP contribution >= 0.6 is 0 Å². The zero-order valence-corrected chi connectivity index (χ0v) is 11.1. The molecule has 0 spiro atoms. The lowest BCUT2D eigenvalue weighted by Gasteiger charge is -2.24. The van der Waals surface area contributed by atoms with E-state index in [0.717, 1.165) is 16.7 Å². The van der Waals surface area contributed by atoms with Gasteiger partial charge >= 0.3 is 5.97 Å². The molecule has 0 bridgehead atoms. The molecule has 0 saturated carbocycles. The molecule has 0 saturated heterocycles. The quantitative estimate of drug-likeness (QED) is 0.819. The Balaban J connectivity index is 3.38. The Bertz CT molecular complexity index is 433. The topological polar surface area (TPSA) is 46.5 Å². The number of aliphatic hydroxyl groups excluding tert-OH is 1. The lowest BCUT2D eigenvalue weighted by Crippen LogP contribution is -2.23. The van der Waals surface area contributed by atoms with Crippen LogP contribution < -0.4 is 0 Å². The minimum absolute atomic E-state index is 0.0378. The van der Waals surface area contributed by atoms with E-state index in [1.807, 2.05) is 39.8 Å². The van der Waals surface area contributed by atoms with Crippen molar-refractivity contribution in [3.8, 4) is 0 Å². The number of aliphatic hydroxyl groups is 1. The van der Waals surface area contributed by atoms with Gasteiger partial charge in [0, 0.05) is 5.41 Å². The second-order valence-corrected chi connectivity index (χ2v) is 5.00. The summed E-state index contributed by atoms with van der Waals surface area (Å²) < 4.78 is 4.77. The van der Waals surface area contributed by atoms with Crippen LogP contribution in [0.15, 0.2) is 12.1 Å². The van der Waals surface area contributed by atoms with Gasteiger partial charge in [-0.25, -0.2) is 4.79 Å². The monoisotopic (exact) mass is 236 g/mol. The van der Waals surface area contributed by atoms with Crippen molar-refractivity contribution in [2.45, 2.75) is 33.1 Å². The van der Waals surface area contributed by atoms with Crippen molar-refractivity contribution >= 4 is 5.97 Å². The first kappa shape index (κ1) is 13.7. The summed E-state index contributed by atoms with van der Waals surface area (Å²) in [5.41, 5.74) is 3.12. The zero-order chi connectivity index (χ0) is 13.2. The second kappa shape index (κ2) is 4.88. The van der Waals surface area contributed by atoms with Gasteiger partial charge in [0.2, 0.25) is 0 Å². The molecule has 17 heavy (non-hydrogen) atoms. The molecule has 0 aromatic heterocycles. The molecule has 0 atom stereocenters. The van der Waals surface area contributed by atoms with Gasteiger partial charge in [-0.1, -0.05) is 19.9 Å². The Kier molecular flexibility index (Phi) is 3.94. The molecule has 1 rings (SSSR count). The SMILES string of the molecule is COC(=O)c1cc(C(C)(C)CO)cc(C)c1C. The van der Waals surface area contributed by atoms with Crippen LogP contribution in [0, 0.1) is 13.8 Å². The first-order valence-corrected chi connectivity index (χ1v) is 5.64. The third-order valence-corrected chi connectivity index (χ3v) is 3.25. The van der Waals surface area contributed by atoms with Crippen LogP contribution in [0.3, 0.4) is 0 Å². The van der Waals surface area contributed by atoms with Crippen molar-refractivity contribution in [1.82, 2.24) is 0 Å². The predicted octanol–water partition coefficient (Wildman–Crippen LogP) is 2.36. The molecular formula is C14H20O3. The third-order valence-electron chi connectivity index (χ3n) is 3.25. The summed E-state index contributed by atoms with van der Waals surface area (Å²) in [5, 5.41) is 9.38. The molecule has 3 nitrogen and oxygen atoms in total. The van der Waals surface area contributed by atoms with Crippen molar-refractivity contribution in [2.75, 3.05) is 13.7 Å². The average Bonchev–Trinajstić information content (AvgIpc) is 2.31. The minimum Gasteiger partial charge on any atom is -0.465 e. The smallest absolute Gasteiger partial charge is 0.338 e. The maximum Gasteiger partial charge on any atom is 0.338 e. The van der Waals surface area contributed by atoms with Gasteiger partial charge in [-0.15, -0.1) is 0 Å². The van der Waals surface area contributed by atoms with Crippen LogP contribution in [0.25, 0.3) is 0 Å². The number of ether oxygens (including phenoxy) is 1. The Labute approximate surface area is 102 Å². The van der Waals surface area contributed by atoms with Crippen LogP contribution in [-0.4, -0.2) is 24.8 Å². The van der Waals surface area contributed by atoms with E-state index in [9.17, 15) is 9.90 Å². The summed E-state index contributed by atoms with van der Waals surface area (Å²) in [4.78, 5) is 11.7. The number of carbonyl (C=O) groups excluding carboxylic acids is 1. The molecule has 0 fully saturated rings. The molecule has 0 radical (unpaired) electrons. The van der Waals surface area contributed by atoms with E-state index in [-0.39, 0.29) is 18.0 Å². The lowest BCUT2D eigenvalue weighted by molar-refractivity contribution is 0.0599. The van der Waals surface area contributed by atoms with Crippen molar-refractivity contribution in [2.24, 2.45) is 0 Å². The van der Waals surface area contributed by atoms with Gasteiger partial charge in [0.05, 0.1) is 19.3 Å². The zero-order valence-electron chi connectivity index (χ0n) is 11.1. The molecule has 0 aliphatic carbocycles. The molecule has 1 aromatic rings. The first-order chi connectivity index (χ1) is 7.83. The normalized spacial score (nSPS) is 11.4. The second-order valence-electron chi connectivity index (χ2n) is 5.00. The standard InChI is InChI=1S/C14H20O3/c1-9-6-11(14(3,4)8-15)7-12(10(9)2)13(16)17-5/h6-7,15H,8H2,1-5H3. The van der Waals surface area contributed by atoms with Gasteiger partial charge < -0.3 is 9.84 Å². The fourth-order valence-corrected chi connectivity index (χ4v) is 1.66. The highest BCUT2D eigenvalue weighted by Crippen LogP contribution is 2.27. The summed E-state index contributed by atoms with van der Waals surface area (Å²) in [6.07, 6.45) is 0. The van der Waals surface area contributed by atoms with E-state index >= 15 is 0 Å². The van der Waals surface area contributed by atoms with Gasteiger partial charge in [0.25, 0.3) is 0 Å². The number of hydrogen-bond donors (Lipinski definition) is 1. The van der Waals surface area contributed by atoms with E-state index in [0.29, 0.717) is 5.56 Å². The van der Waals surface area contributed by atoms with E-state index in [4.69, 9.17) is 4.74 Å². The first-order valence-electron chi connectivity index (χ1n) is 5.64. The fourth-order valence-electron chi connectivity index (χ4n) is 1.66. The van der Waals surface area contributed by atoms with Crippen molar-refractivity contribution < 1.29 is 14.6 Å². The van der Waals surface area contributed by atoms with E-state index < -0.39 is 0 Å². The van der Waals surface area contributed by atoms with Gasteiger partial charge in [0.1, 0.15) is 0 Å². The molecule has 3 heteroatoms. The molecule has 0 unspecified atom stereocenters. The molecule has 94 valence electrons. The highest BCUT2D eigenvalue weighted by atomic mass is 16.5. The Morgan fingerprint density at radius 3 is 2.41 bits per heavy atom. The third kappa shape index (κ3) is 2.67. The van der Waals surface area contributed by atoms with E-state index in [1.54, 1.807) is 0 Å². The largest absolute Gasteiger partial charge is 0.465 e. The molecule has 1 N–H and O–H groups in total. The van der Waals surface area contributed by atoms with Gasteiger partial charge in [-0.2, -0.15) is 0 Å². The molecule has 0 aliphatic heterocycles. The minimum atomic E-state index is -0.360. The molecule has 1 aromatic carbocycles. The van der Waals surface area contributed by atoms with Gasteiger partial charge in [0.15, 0.2) is 0 Å².